The third-order valence-corrected chi connectivity index (χ3v) is 3.29. The average molecular weight is 278 g/mol. The zero-order valence-corrected chi connectivity index (χ0v) is 10.2. The Kier molecular flexibility index (Phi) is 3.14. The second-order valence-corrected chi connectivity index (χ2v) is 4.91. The fourth-order valence-corrected chi connectivity index (χ4v) is 2.21. The zero-order valence-electron chi connectivity index (χ0n) is 8.68. The van der Waals surface area contributed by atoms with Gasteiger partial charge in [-0.05, 0) is 25.1 Å². The van der Waals surface area contributed by atoms with E-state index in [0.717, 1.165) is 17.1 Å². The van der Waals surface area contributed by atoms with Crippen molar-refractivity contribution in [3.05, 3.63) is 39.2 Å². The normalized spacial score (nSPS) is 11.8. The number of hydrogen-bond acceptors (Lipinski definition) is 2. The van der Waals surface area contributed by atoms with E-state index in [1.54, 1.807) is 12.3 Å². The van der Waals surface area contributed by atoms with E-state index in [1.807, 2.05) is 0 Å². The fourth-order valence-electron chi connectivity index (χ4n) is 1.39. The standard InChI is InChI=1S/C11H7ClF3NS/c1-6-16-10(5-17-6)8-4-7(11(13,14)15)2-3-9(8)12/h2-5H,1H3. The Morgan fingerprint density at radius 1 is 1.29 bits per heavy atom. The fraction of sp³-hybridized carbons (Fsp3) is 0.182. The highest BCUT2D eigenvalue weighted by Crippen LogP contribution is 2.36. The molecule has 0 aliphatic heterocycles. The monoisotopic (exact) mass is 277 g/mol. The molecular formula is C11H7ClF3NS. The van der Waals surface area contributed by atoms with Crippen LogP contribution in [0.2, 0.25) is 5.02 Å². The van der Waals surface area contributed by atoms with Crippen LogP contribution in [-0.4, -0.2) is 4.98 Å². The summed E-state index contributed by atoms with van der Waals surface area (Å²) in [7, 11) is 0. The van der Waals surface area contributed by atoms with Crippen LogP contribution in [0.3, 0.4) is 0 Å². The molecule has 0 spiro atoms. The molecule has 1 aromatic heterocycles. The van der Waals surface area contributed by atoms with E-state index in [1.165, 1.54) is 17.4 Å². The van der Waals surface area contributed by atoms with E-state index in [4.69, 9.17) is 11.6 Å². The second kappa shape index (κ2) is 4.31. The van der Waals surface area contributed by atoms with Gasteiger partial charge >= 0.3 is 6.18 Å². The number of benzene rings is 1. The minimum atomic E-state index is -4.37. The number of aryl methyl sites for hydroxylation is 1. The van der Waals surface area contributed by atoms with Gasteiger partial charge in [-0.25, -0.2) is 4.98 Å². The maximum atomic E-state index is 12.6. The largest absolute Gasteiger partial charge is 0.416 e. The third kappa shape index (κ3) is 2.61. The lowest BCUT2D eigenvalue weighted by atomic mass is 10.1. The van der Waals surface area contributed by atoms with Gasteiger partial charge in [-0.1, -0.05) is 11.6 Å². The number of alkyl halides is 3. The van der Waals surface area contributed by atoms with E-state index >= 15 is 0 Å². The molecule has 0 aliphatic rings. The van der Waals surface area contributed by atoms with Crippen LogP contribution in [0, 0.1) is 6.92 Å². The summed E-state index contributed by atoms with van der Waals surface area (Å²) in [6, 6.07) is 3.23. The molecule has 2 aromatic rings. The molecule has 0 bridgehead atoms. The van der Waals surface area contributed by atoms with Crippen LogP contribution >= 0.6 is 22.9 Å². The SMILES string of the molecule is Cc1nc(-c2cc(C(F)(F)F)ccc2Cl)cs1. The Morgan fingerprint density at radius 2 is 2.00 bits per heavy atom. The average Bonchev–Trinajstić information content (AvgIpc) is 2.63. The summed E-state index contributed by atoms with van der Waals surface area (Å²) >= 11 is 7.26. The molecule has 6 heteroatoms. The number of hydrogen-bond donors (Lipinski definition) is 0. The third-order valence-electron chi connectivity index (χ3n) is 2.19. The first-order valence-electron chi connectivity index (χ1n) is 4.67. The lowest BCUT2D eigenvalue weighted by Gasteiger charge is -2.09. The predicted octanol–water partition coefficient (Wildman–Crippen LogP) is 4.79. The van der Waals surface area contributed by atoms with E-state index in [0.29, 0.717) is 11.3 Å². The highest BCUT2D eigenvalue weighted by molar-refractivity contribution is 7.09. The van der Waals surface area contributed by atoms with E-state index < -0.39 is 11.7 Å². The van der Waals surface area contributed by atoms with Crippen molar-refractivity contribution in [1.29, 1.82) is 0 Å². The molecule has 0 N–H and O–H groups in total. The van der Waals surface area contributed by atoms with Crippen molar-refractivity contribution in [2.45, 2.75) is 13.1 Å². The molecule has 0 unspecified atom stereocenters. The van der Waals surface area contributed by atoms with Crippen LogP contribution < -0.4 is 0 Å². The maximum absolute atomic E-state index is 12.6. The summed E-state index contributed by atoms with van der Waals surface area (Å²) in [6.07, 6.45) is -4.37. The number of aromatic nitrogens is 1. The van der Waals surface area contributed by atoms with Crippen molar-refractivity contribution in [3.63, 3.8) is 0 Å². The molecule has 90 valence electrons. The molecule has 0 atom stereocenters. The summed E-state index contributed by atoms with van der Waals surface area (Å²) in [5.41, 5.74) is 0.0667. The Morgan fingerprint density at radius 3 is 2.53 bits per heavy atom. The number of nitrogens with zero attached hydrogens (tertiary/aromatic N) is 1. The molecule has 0 radical (unpaired) electrons. The molecule has 17 heavy (non-hydrogen) atoms. The highest BCUT2D eigenvalue weighted by Gasteiger charge is 2.31. The van der Waals surface area contributed by atoms with E-state index in [-0.39, 0.29) is 5.02 Å². The lowest BCUT2D eigenvalue weighted by molar-refractivity contribution is -0.137. The predicted molar refractivity (Wildman–Crippen MR) is 62.3 cm³/mol. The van der Waals surface area contributed by atoms with Crippen LogP contribution in [0.5, 0.6) is 0 Å². The molecule has 1 aromatic carbocycles. The van der Waals surface area contributed by atoms with Gasteiger partial charge in [0, 0.05) is 10.9 Å². The Bertz CT molecular complexity index is 548. The van der Waals surface area contributed by atoms with Gasteiger partial charge in [0.1, 0.15) is 0 Å². The number of thiazole rings is 1. The lowest BCUT2D eigenvalue weighted by Crippen LogP contribution is -2.04. The molecule has 0 amide bonds. The van der Waals surface area contributed by atoms with Gasteiger partial charge in [0.2, 0.25) is 0 Å². The van der Waals surface area contributed by atoms with Crippen LogP contribution in [-0.2, 0) is 6.18 Å². The second-order valence-electron chi connectivity index (χ2n) is 3.44. The molecular weight excluding hydrogens is 271 g/mol. The van der Waals surface area contributed by atoms with Gasteiger partial charge in [0.05, 0.1) is 21.3 Å². The van der Waals surface area contributed by atoms with Gasteiger partial charge in [0.15, 0.2) is 0 Å². The van der Waals surface area contributed by atoms with Crippen molar-refractivity contribution in [1.82, 2.24) is 4.98 Å². The van der Waals surface area contributed by atoms with E-state index in [9.17, 15) is 13.2 Å². The maximum Gasteiger partial charge on any atom is 0.416 e. The minimum absolute atomic E-state index is 0.267. The Balaban J connectivity index is 2.54. The summed E-state index contributed by atoms with van der Waals surface area (Å²) in [5.74, 6) is 0. The van der Waals surface area contributed by atoms with Crippen LogP contribution in [0.4, 0.5) is 13.2 Å². The quantitative estimate of drug-likeness (QED) is 0.730. The van der Waals surface area contributed by atoms with Crippen molar-refractivity contribution in [2.75, 3.05) is 0 Å². The van der Waals surface area contributed by atoms with Crippen molar-refractivity contribution in [3.8, 4) is 11.3 Å². The van der Waals surface area contributed by atoms with Crippen molar-refractivity contribution in [2.24, 2.45) is 0 Å². The molecule has 2 rings (SSSR count). The Labute approximate surface area is 105 Å². The number of halogens is 4. The first kappa shape index (κ1) is 12.4. The first-order chi connectivity index (χ1) is 7.88. The van der Waals surface area contributed by atoms with Crippen LogP contribution in [0.15, 0.2) is 23.6 Å². The molecule has 0 saturated heterocycles. The zero-order chi connectivity index (χ0) is 12.6. The van der Waals surface area contributed by atoms with E-state index in [2.05, 4.69) is 4.98 Å². The van der Waals surface area contributed by atoms with Gasteiger partial charge in [-0.3, -0.25) is 0 Å². The smallest absolute Gasteiger partial charge is 0.241 e. The summed E-state index contributed by atoms with van der Waals surface area (Å²) in [5, 5.41) is 2.74. The van der Waals surface area contributed by atoms with Crippen LogP contribution in [0.25, 0.3) is 11.3 Å². The minimum Gasteiger partial charge on any atom is -0.241 e. The first-order valence-corrected chi connectivity index (χ1v) is 5.93. The molecule has 1 nitrogen and oxygen atoms in total. The molecule has 0 saturated carbocycles. The van der Waals surface area contributed by atoms with Gasteiger partial charge < -0.3 is 0 Å². The highest BCUT2D eigenvalue weighted by atomic mass is 35.5. The Hall–Kier alpha value is -1.07. The van der Waals surface area contributed by atoms with Gasteiger partial charge in [-0.2, -0.15) is 13.2 Å². The van der Waals surface area contributed by atoms with Crippen molar-refractivity contribution >= 4 is 22.9 Å². The summed E-state index contributed by atoms with van der Waals surface area (Å²) in [4.78, 5) is 4.13. The van der Waals surface area contributed by atoms with Crippen LogP contribution in [0.1, 0.15) is 10.6 Å². The molecule has 0 aliphatic carbocycles. The summed E-state index contributed by atoms with van der Waals surface area (Å²) in [6.45, 7) is 1.79. The summed E-state index contributed by atoms with van der Waals surface area (Å²) < 4.78 is 37.7. The number of rotatable bonds is 1. The molecule has 1 heterocycles. The van der Waals surface area contributed by atoms with Gasteiger partial charge in [0.25, 0.3) is 0 Å². The molecule has 0 fully saturated rings. The van der Waals surface area contributed by atoms with Crippen molar-refractivity contribution < 1.29 is 13.2 Å². The van der Waals surface area contributed by atoms with Gasteiger partial charge in [-0.15, -0.1) is 11.3 Å². The topological polar surface area (TPSA) is 12.9 Å².